The van der Waals surface area contributed by atoms with E-state index >= 15 is 0 Å². The van der Waals surface area contributed by atoms with Gasteiger partial charge in [-0.3, -0.25) is 4.79 Å². The Hall–Kier alpha value is -1.26. The summed E-state index contributed by atoms with van der Waals surface area (Å²) in [6.45, 7) is 4.06. The third-order valence-corrected chi connectivity index (χ3v) is 4.80. The maximum Gasteiger partial charge on any atom is 0.236 e. The van der Waals surface area contributed by atoms with Crippen LogP contribution in [0.2, 0.25) is 0 Å². The minimum atomic E-state index is -0.843. The molecule has 1 amide bonds. The van der Waals surface area contributed by atoms with Crippen LogP contribution in [0, 0.1) is 5.41 Å². The Morgan fingerprint density at radius 3 is 2.19 bits per heavy atom. The lowest BCUT2D eigenvalue weighted by molar-refractivity contribution is -0.140. The molecule has 0 aromatic heterocycles. The zero-order chi connectivity index (χ0) is 15.9. The monoisotopic (exact) mass is 297 g/mol. The number of hydrogen-bond acceptors (Lipinski definition) is 3. The molecule has 5 heteroatoms. The van der Waals surface area contributed by atoms with Gasteiger partial charge < -0.3 is 15.8 Å². The van der Waals surface area contributed by atoms with Crippen molar-refractivity contribution in [1.82, 2.24) is 4.90 Å². The molecule has 0 aromatic rings. The third kappa shape index (κ3) is 3.89. The van der Waals surface area contributed by atoms with Crippen LogP contribution >= 0.6 is 0 Å². The summed E-state index contributed by atoms with van der Waals surface area (Å²) >= 11 is 0. The number of amides is 1. The van der Waals surface area contributed by atoms with E-state index in [1.54, 1.807) is 0 Å². The molecule has 0 aliphatic heterocycles. The van der Waals surface area contributed by atoms with E-state index in [2.05, 4.69) is 5.16 Å². The zero-order valence-electron chi connectivity index (χ0n) is 13.8. The summed E-state index contributed by atoms with van der Waals surface area (Å²) in [6.07, 6.45) is 8.67. The molecule has 0 radical (unpaired) electrons. The van der Waals surface area contributed by atoms with E-state index in [1.165, 1.54) is 19.3 Å². The highest BCUT2D eigenvalue weighted by atomic mass is 16.4. The van der Waals surface area contributed by atoms with Crippen molar-refractivity contribution in [3.8, 4) is 0 Å². The van der Waals surface area contributed by atoms with Crippen molar-refractivity contribution in [3.63, 3.8) is 0 Å². The molecule has 1 saturated carbocycles. The van der Waals surface area contributed by atoms with Crippen LogP contribution in [-0.2, 0) is 4.79 Å². The van der Waals surface area contributed by atoms with Crippen LogP contribution in [0.5, 0.6) is 0 Å². The first-order chi connectivity index (χ1) is 10.0. The first kappa shape index (κ1) is 17.8. The normalized spacial score (nSPS) is 17.8. The second kappa shape index (κ2) is 8.25. The Bertz CT molecular complexity index is 357. The summed E-state index contributed by atoms with van der Waals surface area (Å²) in [5.41, 5.74) is 5.10. The molecule has 1 fully saturated rings. The van der Waals surface area contributed by atoms with Crippen LogP contribution in [0.3, 0.4) is 0 Å². The molecule has 0 unspecified atom stereocenters. The smallest absolute Gasteiger partial charge is 0.236 e. The van der Waals surface area contributed by atoms with Gasteiger partial charge in [-0.15, -0.1) is 0 Å². The molecule has 1 rings (SSSR count). The molecule has 3 N–H and O–H groups in total. The predicted molar refractivity (Wildman–Crippen MR) is 85.3 cm³/mol. The van der Waals surface area contributed by atoms with Gasteiger partial charge >= 0.3 is 0 Å². The molecular formula is C16H31N3O2. The lowest BCUT2D eigenvalue weighted by atomic mass is 9.76. The Balaban J connectivity index is 3.02. The molecule has 0 spiro atoms. The zero-order valence-corrected chi connectivity index (χ0v) is 13.8. The second-order valence-corrected chi connectivity index (χ2v) is 6.28. The van der Waals surface area contributed by atoms with Gasteiger partial charge in [0.1, 0.15) is 5.41 Å². The van der Waals surface area contributed by atoms with Crippen LogP contribution < -0.4 is 5.73 Å². The molecular weight excluding hydrogens is 266 g/mol. The van der Waals surface area contributed by atoms with E-state index in [9.17, 15) is 4.79 Å². The number of carbonyl (C=O) groups is 1. The molecule has 1 aliphatic carbocycles. The SMILES string of the molecule is CCCC(CCC)(C(=O)N(C)C1CCCCC1)C(N)=NO. The lowest BCUT2D eigenvalue weighted by Crippen LogP contribution is -2.53. The Kier molecular flexibility index (Phi) is 6.99. The number of hydrogen-bond donors (Lipinski definition) is 2. The third-order valence-electron chi connectivity index (χ3n) is 4.80. The van der Waals surface area contributed by atoms with Crippen molar-refractivity contribution in [1.29, 1.82) is 0 Å². The van der Waals surface area contributed by atoms with Gasteiger partial charge in [0.25, 0.3) is 0 Å². The number of amidine groups is 1. The van der Waals surface area contributed by atoms with Crippen molar-refractivity contribution >= 4 is 11.7 Å². The highest BCUT2D eigenvalue weighted by Crippen LogP contribution is 2.34. The van der Waals surface area contributed by atoms with Gasteiger partial charge in [-0.25, -0.2) is 0 Å². The first-order valence-corrected chi connectivity index (χ1v) is 8.28. The molecule has 122 valence electrons. The summed E-state index contributed by atoms with van der Waals surface area (Å²) in [7, 11) is 1.88. The van der Waals surface area contributed by atoms with E-state index < -0.39 is 5.41 Å². The molecule has 0 bridgehead atoms. The van der Waals surface area contributed by atoms with Crippen LogP contribution in [-0.4, -0.2) is 34.9 Å². The fourth-order valence-electron chi connectivity index (χ4n) is 3.63. The van der Waals surface area contributed by atoms with Gasteiger partial charge in [-0.05, 0) is 25.7 Å². The molecule has 0 saturated heterocycles. The van der Waals surface area contributed by atoms with E-state index in [-0.39, 0.29) is 11.7 Å². The van der Waals surface area contributed by atoms with Gasteiger partial charge in [-0.1, -0.05) is 51.1 Å². The molecule has 0 aromatic carbocycles. The van der Waals surface area contributed by atoms with Crippen molar-refractivity contribution in [3.05, 3.63) is 0 Å². The largest absolute Gasteiger partial charge is 0.409 e. The number of nitrogens with zero attached hydrogens (tertiary/aromatic N) is 2. The summed E-state index contributed by atoms with van der Waals surface area (Å²) in [6, 6.07) is 0.297. The maximum absolute atomic E-state index is 13.1. The standard InChI is InChI=1S/C16H31N3O2/c1-4-11-16(12-5-2,14(17)18-21)15(20)19(3)13-9-7-6-8-10-13/h13,21H,4-12H2,1-3H3,(H2,17,18). The summed E-state index contributed by atoms with van der Waals surface area (Å²) in [5.74, 6) is 0.0901. The van der Waals surface area contributed by atoms with Crippen molar-refractivity contribution in [2.75, 3.05) is 7.05 Å². The average Bonchev–Trinajstić information content (AvgIpc) is 2.53. The van der Waals surface area contributed by atoms with Gasteiger partial charge in [-0.2, -0.15) is 0 Å². The van der Waals surface area contributed by atoms with Crippen LogP contribution in [0.4, 0.5) is 0 Å². The molecule has 5 nitrogen and oxygen atoms in total. The van der Waals surface area contributed by atoms with Crippen LogP contribution in [0.1, 0.15) is 71.6 Å². The molecule has 1 aliphatic rings. The number of nitrogens with two attached hydrogens (primary N) is 1. The summed E-state index contributed by atoms with van der Waals surface area (Å²) in [5, 5.41) is 12.4. The minimum Gasteiger partial charge on any atom is -0.409 e. The molecule has 0 heterocycles. The van der Waals surface area contributed by atoms with Crippen molar-refractivity contribution in [2.45, 2.75) is 77.7 Å². The van der Waals surface area contributed by atoms with E-state index in [1.807, 2.05) is 25.8 Å². The van der Waals surface area contributed by atoms with Gasteiger partial charge in [0.2, 0.25) is 5.91 Å². The fraction of sp³-hybridized carbons (Fsp3) is 0.875. The van der Waals surface area contributed by atoms with Gasteiger partial charge in [0, 0.05) is 13.1 Å². The highest BCUT2D eigenvalue weighted by Gasteiger charge is 2.44. The van der Waals surface area contributed by atoms with Crippen LogP contribution in [0.25, 0.3) is 0 Å². The number of carbonyl (C=O) groups excluding carboxylic acids is 1. The maximum atomic E-state index is 13.1. The molecule has 21 heavy (non-hydrogen) atoms. The van der Waals surface area contributed by atoms with Crippen molar-refractivity contribution < 1.29 is 10.0 Å². The quantitative estimate of drug-likeness (QED) is 0.328. The molecule has 0 atom stereocenters. The van der Waals surface area contributed by atoms with Crippen LogP contribution in [0.15, 0.2) is 5.16 Å². The Morgan fingerprint density at radius 1 is 1.24 bits per heavy atom. The lowest BCUT2D eigenvalue weighted by Gasteiger charge is -2.39. The van der Waals surface area contributed by atoms with Crippen molar-refractivity contribution in [2.24, 2.45) is 16.3 Å². The van der Waals surface area contributed by atoms with Gasteiger partial charge in [0.15, 0.2) is 5.84 Å². The van der Waals surface area contributed by atoms with Gasteiger partial charge in [0.05, 0.1) is 0 Å². The van der Waals surface area contributed by atoms with E-state index in [0.717, 1.165) is 25.7 Å². The number of rotatable bonds is 7. The Morgan fingerprint density at radius 2 is 1.76 bits per heavy atom. The second-order valence-electron chi connectivity index (χ2n) is 6.28. The topological polar surface area (TPSA) is 78.9 Å². The average molecular weight is 297 g/mol. The number of oxime groups is 1. The summed E-state index contributed by atoms with van der Waals surface area (Å²) in [4.78, 5) is 15.0. The minimum absolute atomic E-state index is 0.0217. The van der Waals surface area contributed by atoms with E-state index in [0.29, 0.717) is 18.9 Å². The Labute approximate surface area is 128 Å². The highest BCUT2D eigenvalue weighted by molar-refractivity contribution is 6.06. The first-order valence-electron chi connectivity index (χ1n) is 8.28. The summed E-state index contributed by atoms with van der Waals surface area (Å²) < 4.78 is 0. The predicted octanol–water partition coefficient (Wildman–Crippen LogP) is 3.11. The fourth-order valence-corrected chi connectivity index (χ4v) is 3.63. The van der Waals surface area contributed by atoms with E-state index in [4.69, 9.17) is 10.9 Å².